The highest BCUT2D eigenvalue weighted by atomic mass is 32.2. The molecule has 0 radical (unpaired) electrons. The smallest absolute Gasteiger partial charge is 0.263 e. The fourth-order valence-electron chi connectivity index (χ4n) is 4.25. The number of anilines is 1. The number of hydrogen-bond acceptors (Lipinski definition) is 12. The lowest BCUT2D eigenvalue weighted by atomic mass is 9.87. The van der Waals surface area contributed by atoms with Crippen molar-refractivity contribution in [3.8, 4) is 34.8 Å². The van der Waals surface area contributed by atoms with Crippen LogP contribution in [0.5, 0.6) is 23.1 Å². The summed E-state index contributed by atoms with van der Waals surface area (Å²) in [5, 5.41) is 1.69. The van der Waals surface area contributed by atoms with Crippen LogP contribution in [0.4, 0.5) is 5.82 Å². The summed E-state index contributed by atoms with van der Waals surface area (Å²) in [5.41, 5.74) is 0.869. The highest BCUT2D eigenvalue weighted by Gasteiger charge is 2.21. The maximum atomic E-state index is 13.1. The normalized spacial score (nSPS) is 12.0. The van der Waals surface area contributed by atoms with Gasteiger partial charge in [0.25, 0.3) is 15.9 Å². The van der Waals surface area contributed by atoms with E-state index in [0.29, 0.717) is 17.9 Å². The van der Waals surface area contributed by atoms with Gasteiger partial charge in [0.1, 0.15) is 10.0 Å². The monoisotopic (exact) mass is 710 g/mol. The minimum absolute atomic E-state index is 0.0124. The lowest BCUT2D eigenvalue weighted by molar-refractivity contribution is 0.282. The number of methoxy groups -OCH3 is 1. The number of hydrogen-bond donors (Lipinski definition) is 2. The molecular weight excluding hydrogens is 677 g/mol. The van der Waals surface area contributed by atoms with E-state index in [-0.39, 0.29) is 56.8 Å². The van der Waals surface area contributed by atoms with Gasteiger partial charge in [-0.3, -0.25) is 4.72 Å². The van der Waals surface area contributed by atoms with Gasteiger partial charge < -0.3 is 14.2 Å². The minimum Gasteiger partial charge on any atom is -0.493 e. The zero-order valence-electron chi connectivity index (χ0n) is 26.6. The van der Waals surface area contributed by atoms with E-state index in [1.165, 1.54) is 31.6 Å². The van der Waals surface area contributed by atoms with Crippen molar-refractivity contribution >= 4 is 37.2 Å². The molecule has 0 aliphatic heterocycles. The van der Waals surface area contributed by atoms with Crippen molar-refractivity contribution in [2.75, 3.05) is 25.0 Å². The Bertz CT molecular complexity index is 2070. The molecule has 0 atom stereocenters. The third-order valence-electron chi connectivity index (χ3n) is 6.75. The first-order valence-electron chi connectivity index (χ1n) is 14.7. The summed E-state index contributed by atoms with van der Waals surface area (Å²) in [7, 11) is -6.07. The molecule has 48 heavy (non-hydrogen) atoms. The van der Waals surface area contributed by atoms with Crippen LogP contribution in [-0.4, -0.2) is 57.0 Å². The molecule has 0 aliphatic rings. The predicted octanol–water partition coefficient (Wildman–Crippen LogP) is 5.64. The fourth-order valence-corrected chi connectivity index (χ4v) is 7.36. The number of nitrogens with zero attached hydrogens (tertiary/aromatic N) is 4. The molecule has 252 valence electrons. The SMILES string of the molecule is COc1ccccc1Oc1cnc(-c2nccc(NS(=O)(=O)c3ccc(C(C)(C)C)cc3)n2)nc1OCCCNS(=O)(=O)c1cccs1. The van der Waals surface area contributed by atoms with Crippen LogP contribution in [0.15, 0.2) is 93.6 Å². The molecule has 3 aromatic heterocycles. The van der Waals surface area contributed by atoms with Gasteiger partial charge in [-0.1, -0.05) is 51.1 Å². The number of nitrogens with one attached hydrogen (secondary N) is 2. The topological polar surface area (TPSA) is 172 Å². The maximum absolute atomic E-state index is 13.1. The Balaban J connectivity index is 1.35. The van der Waals surface area contributed by atoms with Crippen LogP contribution < -0.4 is 23.7 Å². The van der Waals surface area contributed by atoms with E-state index in [1.54, 1.807) is 60.0 Å². The lowest BCUT2D eigenvalue weighted by Gasteiger charge is -2.19. The first-order chi connectivity index (χ1) is 22.9. The number of thiophene rings is 1. The Morgan fingerprint density at radius 3 is 2.23 bits per heavy atom. The molecule has 0 saturated heterocycles. The predicted molar refractivity (Wildman–Crippen MR) is 182 cm³/mol. The van der Waals surface area contributed by atoms with E-state index >= 15 is 0 Å². The molecule has 5 rings (SSSR count). The molecule has 2 aromatic carbocycles. The first kappa shape index (κ1) is 34.7. The standard InChI is InChI=1S/C32H34N6O7S3/c1-32(2,3)22-12-14-23(15-13-22)47(39,40)38-27-16-18-33-29(36-27)30-34-21-26(45-25-10-6-5-9-24(25)43-4)31(37-30)44-19-8-17-35-48(41,42)28-11-7-20-46-28/h5-7,9-16,18,20-21,35H,8,17,19H2,1-4H3,(H,33,36,38). The third-order valence-corrected chi connectivity index (χ3v) is 11.0. The third kappa shape index (κ3) is 8.63. The number of ether oxygens (including phenoxy) is 3. The highest BCUT2D eigenvalue weighted by Crippen LogP contribution is 2.35. The van der Waals surface area contributed by atoms with Gasteiger partial charge in [-0.05, 0) is 59.2 Å². The minimum atomic E-state index is -3.96. The van der Waals surface area contributed by atoms with Gasteiger partial charge in [0.05, 0.1) is 24.8 Å². The van der Waals surface area contributed by atoms with Crippen LogP contribution >= 0.6 is 11.3 Å². The summed E-state index contributed by atoms with van der Waals surface area (Å²) >= 11 is 1.12. The second kappa shape index (κ2) is 14.6. The molecule has 5 aromatic rings. The average Bonchev–Trinajstić information content (AvgIpc) is 3.62. The highest BCUT2D eigenvalue weighted by molar-refractivity contribution is 7.92. The molecule has 13 nitrogen and oxygen atoms in total. The molecule has 0 bridgehead atoms. The van der Waals surface area contributed by atoms with Crippen molar-refractivity contribution in [2.24, 2.45) is 0 Å². The van der Waals surface area contributed by atoms with Crippen molar-refractivity contribution in [3.05, 3.63) is 90.1 Å². The van der Waals surface area contributed by atoms with Crippen LogP contribution in [0, 0.1) is 0 Å². The van der Waals surface area contributed by atoms with Crippen LogP contribution in [0.2, 0.25) is 0 Å². The summed E-state index contributed by atoms with van der Waals surface area (Å²) in [6.45, 7) is 6.32. The van der Waals surface area contributed by atoms with Gasteiger partial charge in [0.15, 0.2) is 17.3 Å². The maximum Gasteiger partial charge on any atom is 0.263 e. The summed E-state index contributed by atoms with van der Waals surface area (Å²) in [6, 6.07) is 18.2. The van der Waals surface area contributed by atoms with Crippen LogP contribution in [0.25, 0.3) is 11.6 Å². The molecule has 0 fully saturated rings. The summed E-state index contributed by atoms with van der Waals surface area (Å²) in [5.74, 6) is 1.10. The average molecular weight is 711 g/mol. The van der Waals surface area contributed by atoms with E-state index in [4.69, 9.17) is 14.2 Å². The number of aromatic nitrogens is 4. The Hall–Kier alpha value is -4.64. The molecule has 0 amide bonds. The van der Waals surface area contributed by atoms with Crippen LogP contribution in [0.1, 0.15) is 32.8 Å². The van der Waals surface area contributed by atoms with E-state index < -0.39 is 20.0 Å². The van der Waals surface area contributed by atoms with Crippen molar-refractivity contribution in [2.45, 2.75) is 41.7 Å². The summed E-state index contributed by atoms with van der Waals surface area (Å²) in [6.07, 6.45) is 3.06. The molecule has 16 heteroatoms. The van der Waals surface area contributed by atoms with Crippen molar-refractivity contribution in [1.29, 1.82) is 0 Å². The van der Waals surface area contributed by atoms with Crippen molar-refractivity contribution in [1.82, 2.24) is 24.7 Å². The van der Waals surface area contributed by atoms with E-state index in [2.05, 4.69) is 29.4 Å². The molecule has 0 aliphatic carbocycles. The molecule has 2 N–H and O–H groups in total. The molecular formula is C32H34N6O7S3. The second-order valence-corrected chi connectivity index (χ2v) is 15.9. The van der Waals surface area contributed by atoms with Gasteiger partial charge in [-0.2, -0.15) is 4.98 Å². The number of para-hydroxylation sites is 2. The van der Waals surface area contributed by atoms with Gasteiger partial charge in [-0.15, -0.1) is 11.3 Å². The zero-order valence-corrected chi connectivity index (χ0v) is 29.0. The molecule has 0 saturated carbocycles. The van der Waals surface area contributed by atoms with Crippen molar-refractivity contribution in [3.63, 3.8) is 0 Å². The molecule has 0 unspecified atom stereocenters. The Morgan fingerprint density at radius 1 is 0.812 bits per heavy atom. The van der Waals surface area contributed by atoms with Gasteiger partial charge >= 0.3 is 0 Å². The number of rotatable bonds is 14. The number of benzene rings is 2. The Morgan fingerprint density at radius 2 is 1.54 bits per heavy atom. The lowest BCUT2D eigenvalue weighted by Crippen LogP contribution is -2.25. The summed E-state index contributed by atoms with van der Waals surface area (Å²) < 4.78 is 73.8. The summed E-state index contributed by atoms with van der Waals surface area (Å²) in [4.78, 5) is 17.5. The van der Waals surface area contributed by atoms with E-state index in [0.717, 1.165) is 16.9 Å². The first-order valence-corrected chi connectivity index (χ1v) is 18.5. The zero-order chi connectivity index (χ0) is 34.4. The van der Waals surface area contributed by atoms with Gasteiger partial charge in [0, 0.05) is 12.7 Å². The molecule has 3 heterocycles. The fraction of sp³-hybridized carbons (Fsp3) is 0.250. The van der Waals surface area contributed by atoms with Gasteiger partial charge in [-0.25, -0.2) is 36.5 Å². The van der Waals surface area contributed by atoms with Gasteiger partial charge in [0.2, 0.25) is 21.6 Å². The Labute approximate surface area is 283 Å². The van der Waals surface area contributed by atoms with Crippen LogP contribution in [-0.2, 0) is 25.5 Å². The largest absolute Gasteiger partial charge is 0.493 e. The molecule has 0 spiro atoms. The van der Waals surface area contributed by atoms with Crippen LogP contribution in [0.3, 0.4) is 0 Å². The van der Waals surface area contributed by atoms with E-state index in [1.807, 2.05) is 20.8 Å². The quantitative estimate of drug-likeness (QED) is 0.137. The Kier molecular flexibility index (Phi) is 10.6. The number of sulfonamides is 2. The van der Waals surface area contributed by atoms with E-state index in [9.17, 15) is 16.8 Å². The second-order valence-electron chi connectivity index (χ2n) is 11.3. The van der Waals surface area contributed by atoms with Crippen molar-refractivity contribution < 1.29 is 31.0 Å².